The number of amides is 1. The van der Waals surface area contributed by atoms with E-state index in [-0.39, 0.29) is 34.9 Å². The van der Waals surface area contributed by atoms with Gasteiger partial charge < -0.3 is 10.4 Å². The van der Waals surface area contributed by atoms with Crippen molar-refractivity contribution >= 4 is 23.2 Å². The molecule has 0 aliphatic heterocycles. The van der Waals surface area contributed by atoms with Crippen molar-refractivity contribution < 1.29 is 23.1 Å². The molecular weight excluding hydrogens is 397 g/mol. The molecule has 0 radical (unpaired) electrons. The number of aromatic hydroxyl groups is 1. The summed E-state index contributed by atoms with van der Waals surface area (Å²) in [6.45, 7) is 1.31. The van der Waals surface area contributed by atoms with Crippen LogP contribution in [0, 0.1) is 6.92 Å². The standard InChI is InChI=1S/C18H14ClF3N4O2/c1-10-16(17(28)23-14-8-12(19)6-7-15(14)27)24-25-26(10)9-11-4-2-3-5-13(11)18(20,21)22/h2-8,27H,9H2,1H3,(H,23,28). The van der Waals surface area contributed by atoms with Crippen molar-refractivity contribution in [3.63, 3.8) is 0 Å². The predicted octanol–water partition coefficient (Wildman–Crippen LogP) is 4.26. The molecule has 1 heterocycles. The molecule has 10 heteroatoms. The number of phenolic OH excluding ortho intramolecular Hbond substituents is 1. The first-order valence-corrected chi connectivity index (χ1v) is 8.39. The van der Waals surface area contributed by atoms with Gasteiger partial charge in [0.2, 0.25) is 0 Å². The third-order valence-electron chi connectivity index (χ3n) is 4.05. The zero-order valence-electron chi connectivity index (χ0n) is 14.5. The Hall–Kier alpha value is -3.07. The second-order valence-electron chi connectivity index (χ2n) is 5.95. The Bertz CT molecular complexity index is 1030. The quantitative estimate of drug-likeness (QED) is 0.630. The van der Waals surface area contributed by atoms with Crippen LogP contribution in [-0.2, 0) is 12.7 Å². The smallest absolute Gasteiger partial charge is 0.416 e. The van der Waals surface area contributed by atoms with E-state index in [0.29, 0.717) is 5.02 Å². The number of anilines is 1. The molecule has 0 aliphatic carbocycles. The van der Waals surface area contributed by atoms with Crippen molar-refractivity contribution in [2.24, 2.45) is 0 Å². The van der Waals surface area contributed by atoms with Crippen LogP contribution < -0.4 is 5.32 Å². The normalized spacial score (nSPS) is 11.5. The van der Waals surface area contributed by atoms with Gasteiger partial charge in [-0.25, -0.2) is 4.68 Å². The molecule has 0 spiro atoms. The van der Waals surface area contributed by atoms with E-state index >= 15 is 0 Å². The number of nitrogens with one attached hydrogen (secondary N) is 1. The van der Waals surface area contributed by atoms with Gasteiger partial charge in [0, 0.05) is 5.02 Å². The molecule has 2 aromatic carbocycles. The predicted molar refractivity (Wildman–Crippen MR) is 96.4 cm³/mol. The van der Waals surface area contributed by atoms with Gasteiger partial charge in [0.1, 0.15) is 5.75 Å². The topological polar surface area (TPSA) is 80.0 Å². The molecule has 0 atom stereocenters. The molecule has 0 saturated heterocycles. The number of phenols is 1. The molecule has 1 aromatic heterocycles. The van der Waals surface area contributed by atoms with Gasteiger partial charge in [-0.05, 0) is 36.8 Å². The number of carbonyl (C=O) groups excluding carboxylic acids is 1. The van der Waals surface area contributed by atoms with Crippen LogP contribution in [-0.4, -0.2) is 26.0 Å². The van der Waals surface area contributed by atoms with Crippen LogP contribution in [0.5, 0.6) is 5.75 Å². The van der Waals surface area contributed by atoms with Crippen LogP contribution in [0.4, 0.5) is 18.9 Å². The Labute approximate surface area is 162 Å². The molecular formula is C18H14ClF3N4O2. The molecule has 146 valence electrons. The van der Waals surface area contributed by atoms with Gasteiger partial charge in [0.05, 0.1) is 23.5 Å². The Balaban J connectivity index is 1.85. The number of benzene rings is 2. The summed E-state index contributed by atoms with van der Waals surface area (Å²) in [5.74, 6) is -0.868. The Morgan fingerprint density at radius 3 is 2.68 bits per heavy atom. The molecule has 0 bridgehead atoms. The minimum Gasteiger partial charge on any atom is -0.506 e. The largest absolute Gasteiger partial charge is 0.506 e. The first kappa shape index (κ1) is 19.7. The van der Waals surface area contributed by atoms with Crippen molar-refractivity contribution in [2.75, 3.05) is 5.32 Å². The zero-order valence-corrected chi connectivity index (χ0v) is 15.2. The molecule has 1 amide bonds. The number of carbonyl (C=O) groups is 1. The van der Waals surface area contributed by atoms with Crippen LogP contribution in [0.15, 0.2) is 42.5 Å². The van der Waals surface area contributed by atoms with Crippen LogP contribution >= 0.6 is 11.6 Å². The average Bonchev–Trinajstić information content (AvgIpc) is 2.98. The van der Waals surface area contributed by atoms with Crippen LogP contribution in [0.25, 0.3) is 0 Å². The van der Waals surface area contributed by atoms with E-state index in [1.54, 1.807) is 0 Å². The van der Waals surface area contributed by atoms with E-state index in [2.05, 4.69) is 15.6 Å². The van der Waals surface area contributed by atoms with E-state index in [4.69, 9.17) is 11.6 Å². The Morgan fingerprint density at radius 1 is 1.25 bits per heavy atom. The van der Waals surface area contributed by atoms with E-state index < -0.39 is 17.6 Å². The number of rotatable bonds is 4. The highest BCUT2D eigenvalue weighted by Gasteiger charge is 2.33. The summed E-state index contributed by atoms with van der Waals surface area (Å²) < 4.78 is 40.7. The van der Waals surface area contributed by atoms with E-state index in [1.807, 2.05) is 0 Å². The van der Waals surface area contributed by atoms with Gasteiger partial charge in [0.15, 0.2) is 5.69 Å². The van der Waals surface area contributed by atoms with Crippen LogP contribution in [0.1, 0.15) is 27.3 Å². The maximum atomic E-state index is 13.2. The number of nitrogens with zero attached hydrogens (tertiary/aromatic N) is 3. The van der Waals surface area contributed by atoms with Crippen molar-refractivity contribution in [1.82, 2.24) is 15.0 Å². The van der Waals surface area contributed by atoms with Gasteiger partial charge in [-0.15, -0.1) is 5.10 Å². The zero-order chi connectivity index (χ0) is 20.5. The molecule has 3 rings (SSSR count). The van der Waals surface area contributed by atoms with Gasteiger partial charge in [-0.3, -0.25) is 4.79 Å². The highest BCUT2D eigenvalue weighted by atomic mass is 35.5. The van der Waals surface area contributed by atoms with Gasteiger partial charge in [-0.2, -0.15) is 13.2 Å². The fourth-order valence-electron chi connectivity index (χ4n) is 2.61. The SMILES string of the molecule is Cc1c(C(=O)Nc2cc(Cl)ccc2O)nnn1Cc1ccccc1C(F)(F)F. The van der Waals surface area contributed by atoms with E-state index in [0.717, 1.165) is 6.07 Å². The average molecular weight is 411 g/mol. The number of hydrogen-bond acceptors (Lipinski definition) is 4. The summed E-state index contributed by atoms with van der Waals surface area (Å²) >= 11 is 5.84. The molecule has 0 saturated carbocycles. The number of hydrogen-bond donors (Lipinski definition) is 2. The van der Waals surface area contributed by atoms with Crippen molar-refractivity contribution in [1.29, 1.82) is 0 Å². The Morgan fingerprint density at radius 2 is 1.96 bits per heavy atom. The first-order valence-electron chi connectivity index (χ1n) is 8.02. The first-order chi connectivity index (χ1) is 13.2. The number of halogens is 4. The maximum Gasteiger partial charge on any atom is 0.416 e. The fraction of sp³-hybridized carbons (Fsp3) is 0.167. The second kappa shape index (κ2) is 7.51. The maximum absolute atomic E-state index is 13.2. The van der Waals surface area contributed by atoms with Crippen LogP contribution in [0.3, 0.4) is 0 Å². The van der Waals surface area contributed by atoms with Crippen molar-refractivity contribution in [2.45, 2.75) is 19.6 Å². The minimum absolute atomic E-state index is 0.00226. The lowest BCUT2D eigenvalue weighted by atomic mass is 10.1. The monoisotopic (exact) mass is 410 g/mol. The van der Waals surface area contributed by atoms with Gasteiger partial charge in [-0.1, -0.05) is 35.0 Å². The summed E-state index contributed by atoms with van der Waals surface area (Å²) in [6.07, 6.45) is -4.50. The number of alkyl halides is 3. The van der Waals surface area contributed by atoms with E-state index in [9.17, 15) is 23.1 Å². The third-order valence-corrected chi connectivity index (χ3v) is 4.28. The molecule has 3 aromatic rings. The van der Waals surface area contributed by atoms with Gasteiger partial charge in [0.25, 0.3) is 5.91 Å². The lowest BCUT2D eigenvalue weighted by Crippen LogP contribution is -2.15. The second-order valence-corrected chi connectivity index (χ2v) is 6.39. The molecule has 0 aliphatic rings. The lowest BCUT2D eigenvalue weighted by Gasteiger charge is -2.13. The highest BCUT2D eigenvalue weighted by molar-refractivity contribution is 6.31. The summed E-state index contributed by atoms with van der Waals surface area (Å²) in [6, 6.07) is 9.24. The van der Waals surface area contributed by atoms with Crippen LogP contribution in [0.2, 0.25) is 5.02 Å². The number of aromatic nitrogens is 3. The summed E-state index contributed by atoms with van der Waals surface area (Å²) in [7, 11) is 0. The minimum atomic E-state index is -4.50. The molecule has 0 unspecified atom stereocenters. The highest BCUT2D eigenvalue weighted by Crippen LogP contribution is 2.32. The molecule has 0 fully saturated rings. The lowest BCUT2D eigenvalue weighted by molar-refractivity contribution is -0.138. The third kappa shape index (κ3) is 4.09. The molecule has 2 N–H and O–H groups in total. The molecule has 6 nitrogen and oxygen atoms in total. The van der Waals surface area contributed by atoms with Gasteiger partial charge >= 0.3 is 6.18 Å². The van der Waals surface area contributed by atoms with Crippen molar-refractivity contribution in [3.05, 3.63) is 70.0 Å². The fourth-order valence-corrected chi connectivity index (χ4v) is 2.78. The van der Waals surface area contributed by atoms with E-state index in [1.165, 1.54) is 48.0 Å². The van der Waals surface area contributed by atoms with Crippen molar-refractivity contribution in [3.8, 4) is 5.75 Å². The molecule has 28 heavy (non-hydrogen) atoms. The summed E-state index contributed by atoms with van der Waals surface area (Å²) in [5, 5.41) is 20.1. The summed E-state index contributed by atoms with van der Waals surface area (Å²) in [4.78, 5) is 12.4. The summed E-state index contributed by atoms with van der Waals surface area (Å²) in [5.41, 5.74) is -0.504. The Kier molecular flexibility index (Phi) is 5.28.